The SMILES string of the molecule is CN1CCN(c2sc(N)nc2-c2cc(F)cc(C(F)(F)F)c2)CC1(C)C. The molecule has 0 aliphatic carbocycles. The molecular weight excluding hydrogens is 368 g/mol. The third-order valence-corrected chi connectivity index (χ3v) is 5.67. The summed E-state index contributed by atoms with van der Waals surface area (Å²) < 4.78 is 53.0. The van der Waals surface area contributed by atoms with Crippen LogP contribution < -0.4 is 10.6 Å². The van der Waals surface area contributed by atoms with E-state index in [4.69, 9.17) is 5.73 Å². The molecule has 1 aliphatic rings. The third-order valence-electron chi connectivity index (χ3n) is 4.73. The number of alkyl halides is 3. The summed E-state index contributed by atoms with van der Waals surface area (Å²) in [6.07, 6.45) is -4.63. The van der Waals surface area contributed by atoms with Crippen LogP contribution in [0, 0.1) is 5.82 Å². The van der Waals surface area contributed by atoms with Crippen LogP contribution >= 0.6 is 11.3 Å². The molecule has 2 aromatic rings. The maximum Gasteiger partial charge on any atom is 0.416 e. The van der Waals surface area contributed by atoms with Crippen molar-refractivity contribution in [3.63, 3.8) is 0 Å². The van der Waals surface area contributed by atoms with Crippen molar-refractivity contribution >= 4 is 21.5 Å². The fraction of sp³-hybridized carbons (Fsp3) is 0.471. The van der Waals surface area contributed by atoms with E-state index in [2.05, 4.69) is 28.6 Å². The van der Waals surface area contributed by atoms with Gasteiger partial charge in [-0.05, 0) is 39.1 Å². The lowest BCUT2D eigenvalue weighted by Crippen LogP contribution is -2.57. The molecule has 2 heterocycles. The fourth-order valence-corrected chi connectivity index (χ4v) is 3.91. The van der Waals surface area contributed by atoms with Gasteiger partial charge in [0.2, 0.25) is 0 Å². The van der Waals surface area contributed by atoms with E-state index in [9.17, 15) is 17.6 Å². The molecule has 9 heteroatoms. The Morgan fingerprint density at radius 1 is 1.19 bits per heavy atom. The van der Waals surface area contributed by atoms with Crippen molar-refractivity contribution in [3.8, 4) is 11.3 Å². The second kappa shape index (κ2) is 6.38. The highest BCUT2D eigenvalue weighted by atomic mass is 32.1. The van der Waals surface area contributed by atoms with Gasteiger partial charge in [-0.15, -0.1) is 0 Å². The summed E-state index contributed by atoms with van der Waals surface area (Å²) in [5.74, 6) is -0.953. The fourth-order valence-electron chi connectivity index (χ4n) is 3.03. The van der Waals surface area contributed by atoms with Crippen LogP contribution in [0.3, 0.4) is 0 Å². The minimum atomic E-state index is -4.63. The molecule has 142 valence electrons. The number of piperazine rings is 1. The Hall–Kier alpha value is -1.87. The van der Waals surface area contributed by atoms with E-state index in [0.29, 0.717) is 24.2 Å². The quantitative estimate of drug-likeness (QED) is 0.788. The topological polar surface area (TPSA) is 45.4 Å². The number of hydrogen-bond acceptors (Lipinski definition) is 5. The van der Waals surface area contributed by atoms with Gasteiger partial charge in [-0.25, -0.2) is 9.37 Å². The molecule has 1 aliphatic heterocycles. The summed E-state index contributed by atoms with van der Waals surface area (Å²) in [6, 6.07) is 2.47. The first-order valence-corrected chi connectivity index (χ1v) is 8.90. The van der Waals surface area contributed by atoms with Crippen LogP contribution in [0.2, 0.25) is 0 Å². The molecule has 0 amide bonds. The van der Waals surface area contributed by atoms with Crippen molar-refractivity contribution in [1.82, 2.24) is 9.88 Å². The highest BCUT2D eigenvalue weighted by molar-refractivity contribution is 7.19. The number of nitrogens with two attached hydrogens (primary N) is 1. The summed E-state index contributed by atoms with van der Waals surface area (Å²) in [5, 5.41) is 0.909. The van der Waals surface area contributed by atoms with Crippen molar-refractivity contribution in [2.75, 3.05) is 37.3 Å². The molecule has 2 N–H and O–H groups in total. The second-order valence-corrected chi connectivity index (χ2v) is 8.10. The van der Waals surface area contributed by atoms with Gasteiger partial charge in [-0.2, -0.15) is 13.2 Å². The van der Waals surface area contributed by atoms with Crippen LogP contribution in [-0.2, 0) is 6.18 Å². The van der Waals surface area contributed by atoms with Crippen LogP contribution in [-0.4, -0.2) is 42.1 Å². The number of hydrogen-bond donors (Lipinski definition) is 1. The number of anilines is 2. The van der Waals surface area contributed by atoms with Crippen LogP contribution in [0.25, 0.3) is 11.3 Å². The van der Waals surface area contributed by atoms with E-state index in [1.807, 2.05) is 7.05 Å². The van der Waals surface area contributed by atoms with Gasteiger partial charge in [-0.1, -0.05) is 11.3 Å². The molecular formula is C17H20F4N4S. The third kappa shape index (κ3) is 3.64. The van der Waals surface area contributed by atoms with Crippen LogP contribution in [0.4, 0.5) is 27.7 Å². The number of benzene rings is 1. The summed E-state index contributed by atoms with van der Waals surface area (Å²) in [4.78, 5) is 8.47. The van der Waals surface area contributed by atoms with E-state index in [1.165, 1.54) is 11.3 Å². The molecule has 0 spiro atoms. The van der Waals surface area contributed by atoms with E-state index in [-0.39, 0.29) is 21.9 Å². The van der Waals surface area contributed by atoms with Gasteiger partial charge in [0.15, 0.2) is 5.13 Å². The zero-order valence-corrected chi connectivity index (χ0v) is 15.5. The Morgan fingerprint density at radius 2 is 1.88 bits per heavy atom. The van der Waals surface area contributed by atoms with E-state index in [1.54, 1.807) is 0 Å². The van der Waals surface area contributed by atoms with E-state index in [0.717, 1.165) is 18.7 Å². The lowest BCUT2D eigenvalue weighted by atomic mass is 9.99. The molecule has 0 bridgehead atoms. The van der Waals surface area contributed by atoms with E-state index < -0.39 is 17.6 Å². The molecule has 4 nitrogen and oxygen atoms in total. The van der Waals surface area contributed by atoms with Gasteiger partial charge in [-0.3, -0.25) is 4.90 Å². The first-order chi connectivity index (χ1) is 12.0. The lowest BCUT2D eigenvalue weighted by molar-refractivity contribution is -0.137. The number of aromatic nitrogens is 1. The largest absolute Gasteiger partial charge is 0.416 e. The number of thiazole rings is 1. The molecule has 1 saturated heterocycles. The normalized spacial score (nSPS) is 18.3. The number of halogens is 4. The second-order valence-electron chi connectivity index (χ2n) is 7.09. The number of nitrogen functional groups attached to an aromatic ring is 1. The Bertz CT molecular complexity index is 816. The molecule has 26 heavy (non-hydrogen) atoms. The van der Waals surface area contributed by atoms with Crippen molar-refractivity contribution < 1.29 is 17.6 Å². The van der Waals surface area contributed by atoms with Gasteiger partial charge in [0.05, 0.1) is 5.56 Å². The van der Waals surface area contributed by atoms with Crippen LogP contribution in [0.15, 0.2) is 18.2 Å². The predicted molar refractivity (Wildman–Crippen MR) is 95.8 cm³/mol. The molecule has 1 fully saturated rings. The van der Waals surface area contributed by atoms with Crippen LogP contribution in [0.5, 0.6) is 0 Å². The first kappa shape index (κ1) is 18.9. The van der Waals surface area contributed by atoms with Crippen LogP contribution in [0.1, 0.15) is 19.4 Å². The Labute approximate surface area is 153 Å². The van der Waals surface area contributed by atoms with Gasteiger partial charge >= 0.3 is 6.18 Å². The summed E-state index contributed by atoms with van der Waals surface area (Å²) in [5.41, 5.74) is 5.05. The number of nitrogens with zero attached hydrogens (tertiary/aromatic N) is 3. The highest BCUT2D eigenvalue weighted by Crippen LogP contribution is 2.41. The summed E-state index contributed by atoms with van der Waals surface area (Å²) in [6.45, 7) is 6.33. The highest BCUT2D eigenvalue weighted by Gasteiger charge is 2.35. The van der Waals surface area contributed by atoms with Crippen molar-refractivity contribution in [2.24, 2.45) is 0 Å². The smallest absolute Gasteiger partial charge is 0.375 e. The number of rotatable bonds is 2. The molecule has 0 radical (unpaired) electrons. The Balaban J connectivity index is 2.05. The van der Waals surface area contributed by atoms with Gasteiger partial charge in [0.1, 0.15) is 16.5 Å². The lowest BCUT2D eigenvalue weighted by Gasteiger charge is -2.45. The molecule has 3 rings (SSSR count). The van der Waals surface area contributed by atoms with Crippen molar-refractivity contribution in [1.29, 1.82) is 0 Å². The zero-order valence-electron chi connectivity index (χ0n) is 14.7. The number of likely N-dealkylation sites (N-methyl/N-ethyl adjacent to an activating group) is 1. The molecule has 1 aromatic carbocycles. The van der Waals surface area contributed by atoms with Crippen molar-refractivity contribution in [2.45, 2.75) is 25.6 Å². The minimum absolute atomic E-state index is 0.0806. The monoisotopic (exact) mass is 388 g/mol. The molecule has 1 aromatic heterocycles. The van der Waals surface area contributed by atoms with Gasteiger partial charge in [0.25, 0.3) is 0 Å². The summed E-state index contributed by atoms with van der Waals surface area (Å²) in [7, 11) is 2.03. The first-order valence-electron chi connectivity index (χ1n) is 8.08. The van der Waals surface area contributed by atoms with E-state index >= 15 is 0 Å². The Morgan fingerprint density at radius 3 is 2.50 bits per heavy atom. The summed E-state index contributed by atoms with van der Waals surface area (Å²) >= 11 is 1.21. The maximum atomic E-state index is 13.8. The molecule has 0 atom stereocenters. The maximum absolute atomic E-state index is 13.8. The molecule has 0 saturated carbocycles. The predicted octanol–water partition coefficient (Wildman–Crippen LogP) is 4.08. The van der Waals surface area contributed by atoms with Gasteiger partial charge < -0.3 is 10.6 Å². The standard InChI is InChI=1S/C17H20F4N4S/c1-16(2)9-25(5-4-24(16)3)14-13(23-15(22)26-14)10-6-11(17(19,20)21)8-12(18)7-10/h6-8H,4-5,9H2,1-3H3,(H2,22,23). The minimum Gasteiger partial charge on any atom is -0.375 e. The average Bonchev–Trinajstić information content (AvgIpc) is 2.90. The van der Waals surface area contributed by atoms with Crippen molar-refractivity contribution in [3.05, 3.63) is 29.6 Å². The molecule has 0 unspecified atom stereocenters. The zero-order chi connectivity index (χ0) is 19.3. The Kier molecular flexibility index (Phi) is 4.64. The average molecular weight is 388 g/mol. The van der Waals surface area contributed by atoms with Gasteiger partial charge in [0, 0.05) is 30.7 Å².